The van der Waals surface area contributed by atoms with Gasteiger partial charge in [-0.15, -0.1) is 0 Å². The van der Waals surface area contributed by atoms with E-state index < -0.39 is 34.5 Å². The standard InChI is InChI=1S/C23H36N4O6S/c1-5-27(6-2)34(31,32)18-9-10-20(26-13-7-8-14-26)19(15-18)22(29)33-16-21(28)25-23(30)24-12-11-17(3)4/h9-10,15,17H,5-8,11-14,16H2,1-4H3,(H2,24,25,28,30). The molecule has 1 saturated heterocycles. The van der Waals surface area contributed by atoms with Crippen molar-refractivity contribution >= 4 is 33.6 Å². The number of nitrogens with one attached hydrogen (secondary N) is 2. The van der Waals surface area contributed by atoms with Gasteiger partial charge in [0.1, 0.15) is 0 Å². The van der Waals surface area contributed by atoms with Crippen LogP contribution in [0.3, 0.4) is 0 Å². The maximum atomic E-state index is 13.0. The Balaban J connectivity index is 2.15. The van der Waals surface area contributed by atoms with E-state index in [0.717, 1.165) is 32.4 Å². The number of carbonyl (C=O) groups excluding carboxylic acids is 3. The van der Waals surface area contributed by atoms with E-state index in [1.165, 1.54) is 16.4 Å². The van der Waals surface area contributed by atoms with E-state index in [9.17, 15) is 22.8 Å². The summed E-state index contributed by atoms with van der Waals surface area (Å²) in [7, 11) is -3.78. The highest BCUT2D eigenvalue weighted by molar-refractivity contribution is 7.89. The minimum atomic E-state index is -3.78. The molecule has 190 valence electrons. The minimum Gasteiger partial charge on any atom is -0.452 e. The molecule has 3 amide bonds. The molecule has 0 unspecified atom stereocenters. The lowest BCUT2D eigenvalue weighted by Crippen LogP contribution is -2.42. The van der Waals surface area contributed by atoms with Crippen LogP contribution < -0.4 is 15.5 Å². The van der Waals surface area contributed by atoms with E-state index in [-0.39, 0.29) is 10.5 Å². The molecule has 0 radical (unpaired) electrons. The first-order valence-corrected chi connectivity index (χ1v) is 13.2. The van der Waals surface area contributed by atoms with Gasteiger partial charge >= 0.3 is 12.0 Å². The van der Waals surface area contributed by atoms with Crippen LogP contribution in [0.2, 0.25) is 0 Å². The number of nitrogens with zero attached hydrogens (tertiary/aromatic N) is 2. The molecule has 0 spiro atoms. The van der Waals surface area contributed by atoms with Gasteiger partial charge in [-0.3, -0.25) is 10.1 Å². The summed E-state index contributed by atoms with van der Waals surface area (Å²) in [5, 5.41) is 4.68. The molecule has 0 aliphatic carbocycles. The number of benzene rings is 1. The van der Waals surface area contributed by atoms with Crippen molar-refractivity contribution in [2.24, 2.45) is 5.92 Å². The number of hydrogen-bond acceptors (Lipinski definition) is 7. The Morgan fingerprint density at radius 3 is 2.35 bits per heavy atom. The van der Waals surface area contributed by atoms with Gasteiger partial charge in [0.25, 0.3) is 5.91 Å². The molecule has 0 saturated carbocycles. The summed E-state index contributed by atoms with van der Waals surface area (Å²) < 4.78 is 32.4. The van der Waals surface area contributed by atoms with Crippen LogP contribution in [0, 0.1) is 5.92 Å². The quantitative estimate of drug-likeness (QED) is 0.451. The lowest BCUT2D eigenvalue weighted by atomic mass is 10.1. The first kappa shape index (κ1) is 27.6. The molecule has 1 fully saturated rings. The third-order valence-corrected chi connectivity index (χ3v) is 7.62. The van der Waals surface area contributed by atoms with Crippen LogP contribution in [0.1, 0.15) is 57.3 Å². The van der Waals surface area contributed by atoms with Crippen molar-refractivity contribution < 1.29 is 27.5 Å². The van der Waals surface area contributed by atoms with Gasteiger partial charge in [-0.25, -0.2) is 18.0 Å². The lowest BCUT2D eigenvalue weighted by molar-refractivity contribution is -0.123. The highest BCUT2D eigenvalue weighted by Crippen LogP contribution is 2.29. The number of amides is 3. The average Bonchev–Trinajstić information content (AvgIpc) is 3.32. The Kier molecular flexibility index (Phi) is 10.3. The second-order valence-corrected chi connectivity index (χ2v) is 10.5. The predicted molar refractivity (Wildman–Crippen MR) is 129 cm³/mol. The highest BCUT2D eigenvalue weighted by Gasteiger charge is 2.27. The van der Waals surface area contributed by atoms with E-state index in [4.69, 9.17) is 4.74 Å². The fourth-order valence-electron chi connectivity index (χ4n) is 3.68. The van der Waals surface area contributed by atoms with Gasteiger partial charge in [-0.1, -0.05) is 27.7 Å². The van der Waals surface area contributed by atoms with E-state index in [1.54, 1.807) is 19.9 Å². The number of urea groups is 1. The third kappa shape index (κ3) is 7.42. The molecular weight excluding hydrogens is 460 g/mol. The second kappa shape index (κ2) is 12.7. The summed E-state index contributed by atoms with van der Waals surface area (Å²) in [5.41, 5.74) is 0.636. The molecule has 34 heavy (non-hydrogen) atoms. The third-order valence-electron chi connectivity index (χ3n) is 5.57. The van der Waals surface area contributed by atoms with Crippen molar-refractivity contribution in [1.82, 2.24) is 14.9 Å². The number of rotatable bonds is 11. The molecule has 2 rings (SSSR count). The fourth-order valence-corrected chi connectivity index (χ4v) is 5.16. The summed E-state index contributed by atoms with van der Waals surface area (Å²) in [6.45, 7) is 9.34. The topological polar surface area (TPSA) is 125 Å². The lowest BCUT2D eigenvalue weighted by Gasteiger charge is -2.23. The molecule has 1 aromatic rings. The number of hydrogen-bond donors (Lipinski definition) is 2. The SMILES string of the molecule is CCN(CC)S(=O)(=O)c1ccc(N2CCCC2)c(C(=O)OCC(=O)NC(=O)NCCC(C)C)c1. The van der Waals surface area contributed by atoms with Gasteiger partial charge in [0.05, 0.1) is 16.1 Å². The second-order valence-electron chi connectivity index (χ2n) is 8.53. The van der Waals surface area contributed by atoms with Crippen LogP contribution in [0.5, 0.6) is 0 Å². The predicted octanol–water partition coefficient (Wildman–Crippen LogP) is 2.35. The molecule has 1 aromatic carbocycles. The van der Waals surface area contributed by atoms with Crippen molar-refractivity contribution in [1.29, 1.82) is 0 Å². The summed E-state index contributed by atoms with van der Waals surface area (Å²) in [5.74, 6) is -1.19. The minimum absolute atomic E-state index is 0.0138. The van der Waals surface area contributed by atoms with Crippen LogP contribution in [0.4, 0.5) is 10.5 Å². The molecule has 10 nitrogen and oxygen atoms in total. The molecule has 1 aliphatic rings. The van der Waals surface area contributed by atoms with Crippen molar-refractivity contribution in [3.05, 3.63) is 23.8 Å². The zero-order valence-corrected chi connectivity index (χ0v) is 21.2. The number of imide groups is 1. The van der Waals surface area contributed by atoms with Crippen LogP contribution >= 0.6 is 0 Å². The van der Waals surface area contributed by atoms with Crippen LogP contribution in [0.15, 0.2) is 23.1 Å². The van der Waals surface area contributed by atoms with Crippen molar-refractivity contribution in [3.8, 4) is 0 Å². The Morgan fingerprint density at radius 2 is 1.76 bits per heavy atom. The van der Waals surface area contributed by atoms with Crippen LogP contribution in [-0.2, 0) is 19.6 Å². The van der Waals surface area contributed by atoms with E-state index in [1.807, 2.05) is 18.7 Å². The number of anilines is 1. The van der Waals surface area contributed by atoms with E-state index >= 15 is 0 Å². The number of sulfonamides is 1. The largest absolute Gasteiger partial charge is 0.452 e. The maximum Gasteiger partial charge on any atom is 0.340 e. The zero-order valence-electron chi connectivity index (χ0n) is 20.4. The Bertz CT molecular complexity index is 970. The molecule has 1 aliphatic heterocycles. The average molecular weight is 497 g/mol. The van der Waals surface area contributed by atoms with E-state index in [0.29, 0.717) is 31.2 Å². The van der Waals surface area contributed by atoms with Crippen molar-refractivity contribution in [3.63, 3.8) is 0 Å². The summed E-state index contributed by atoms with van der Waals surface area (Å²) >= 11 is 0. The van der Waals surface area contributed by atoms with Crippen molar-refractivity contribution in [2.45, 2.75) is 51.9 Å². The number of carbonyl (C=O) groups is 3. The summed E-state index contributed by atoms with van der Waals surface area (Å²) in [4.78, 5) is 38.7. The zero-order chi connectivity index (χ0) is 25.3. The first-order valence-electron chi connectivity index (χ1n) is 11.7. The summed E-state index contributed by atoms with van der Waals surface area (Å²) in [6.07, 6.45) is 2.69. The highest BCUT2D eigenvalue weighted by atomic mass is 32.2. The fraction of sp³-hybridized carbons (Fsp3) is 0.609. The van der Waals surface area contributed by atoms with Gasteiger partial charge < -0.3 is 15.0 Å². The van der Waals surface area contributed by atoms with Crippen LogP contribution in [-0.4, -0.2) is 70.0 Å². The van der Waals surface area contributed by atoms with E-state index in [2.05, 4.69) is 10.6 Å². The van der Waals surface area contributed by atoms with Gasteiger partial charge in [-0.2, -0.15) is 4.31 Å². The molecule has 0 aromatic heterocycles. The molecule has 11 heteroatoms. The maximum absolute atomic E-state index is 13.0. The summed E-state index contributed by atoms with van der Waals surface area (Å²) in [6, 6.07) is 3.75. The number of ether oxygens (including phenoxy) is 1. The molecule has 0 atom stereocenters. The normalized spacial score (nSPS) is 13.9. The van der Waals surface area contributed by atoms with Gasteiger partial charge in [0.2, 0.25) is 10.0 Å². The van der Waals surface area contributed by atoms with Crippen molar-refractivity contribution in [2.75, 3.05) is 44.2 Å². The molecular formula is C23H36N4O6S. The Morgan fingerprint density at radius 1 is 1.12 bits per heavy atom. The molecule has 0 bridgehead atoms. The van der Waals surface area contributed by atoms with Gasteiger partial charge in [0.15, 0.2) is 6.61 Å². The van der Waals surface area contributed by atoms with Crippen LogP contribution in [0.25, 0.3) is 0 Å². The Labute approximate surface area is 202 Å². The molecule has 2 N–H and O–H groups in total. The van der Waals surface area contributed by atoms with Gasteiger partial charge in [0, 0.05) is 32.7 Å². The monoisotopic (exact) mass is 496 g/mol. The number of esters is 1. The van der Waals surface area contributed by atoms with Gasteiger partial charge in [-0.05, 0) is 43.4 Å². The molecule has 1 heterocycles. The smallest absolute Gasteiger partial charge is 0.340 e. The first-order chi connectivity index (χ1) is 16.1. The Hall–Kier alpha value is -2.66.